The number of piperidine rings is 1. The van der Waals surface area contributed by atoms with Gasteiger partial charge in [-0.3, -0.25) is 4.79 Å². The third-order valence-electron chi connectivity index (χ3n) is 4.84. The number of hydrogen-bond acceptors (Lipinski definition) is 8. The Balaban J connectivity index is 1.81. The lowest BCUT2D eigenvalue weighted by atomic mass is 9.92. The SMILES string of the molecule is COc1ccc(OC)c(-c2nnc(S(=O)(=O)CC(=O)N3CC(C)CC(C)C3)o2)c1. The van der Waals surface area contributed by atoms with Crippen LogP contribution in [0.5, 0.6) is 11.5 Å². The molecule has 9 nitrogen and oxygen atoms in total. The lowest BCUT2D eigenvalue weighted by Crippen LogP contribution is -2.44. The molecule has 2 aromatic rings. The van der Waals surface area contributed by atoms with E-state index in [1.165, 1.54) is 14.2 Å². The largest absolute Gasteiger partial charge is 0.497 e. The molecule has 1 fully saturated rings. The van der Waals surface area contributed by atoms with Gasteiger partial charge in [-0.15, -0.1) is 5.10 Å². The van der Waals surface area contributed by atoms with E-state index in [0.717, 1.165) is 6.42 Å². The van der Waals surface area contributed by atoms with Crippen molar-refractivity contribution in [2.45, 2.75) is 25.5 Å². The number of nitrogens with zero attached hydrogens (tertiary/aromatic N) is 3. The highest BCUT2D eigenvalue weighted by Crippen LogP contribution is 2.33. The third kappa shape index (κ3) is 4.69. The van der Waals surface area contributed by atoms with Crippen LogP contribution in [0.2, 0.25) is 0 Å². The molecule has 0 aliphatic carbocycles. The van der Waals surface area contributed by atoms with Crippen LogP contribution in [0.15, 0.2) is 27.8 Å². The molecular formula is C19H25N3O6S. The lowest BCUT2D eigenvalue weighted by Gasteiger charge is -2.34. The maximum absolute atomic E-state index is 12.7. The minimum absolute atomic E-state index is 0.0352. The summed E-state index contributed by atoms with van der Waals surface area (Å²) >= 11 is 0. The fraction of sp³-hybridized carbons (Fsp3) is 0.526. The second kappa shape index (κ2) is 8.40. The molecule has 1 aromatic carbocycles. The predicted molar refractivity (Wildman–Crippen MR) is 104 cm³/mol. The first-order chi connectivity index (χ1) is 13.7. The van der Waals surface area contributed by atoms with Gasteiger partial charge in [-0.05, 0) is 36.5 Å². The average molecular weight is 423 g/mol. The van der Waals surface area contributed by atoms with Crippen molar-refractivity contribution in [1.82, 2.24) is 15.1 Å². The second-order valence-electron chi connectivity index (χ2n) is 7.44. The molecule has 1 aliphatic rings. The van der Waals surface area contributed by atoms with Crippen LogP contribution in [0.1, 0.15) is 20.3 Å². The number of hydrogen-bond donors (Lipinski definition) is 0. The van der Waals surface area contributed by atoms with Crippen molar-refractivity contribution < 1.29 is 27.1 Å². The molecule has 0 radical (unpaired) electrons. The molecule has 3 rings (SSSR count). The molecule has 29 heavy (non-hydrogen) atoms. The molecule has 10 heteroatoms. The number of ether oxygens (including phenoxy) is 2. The number of methoxy groups -OCH3 is 2. The Kier molecular flexibility index (Phi) is 6.11. The van der Waals surface area contributed by atoms with Crippen LogP contribution in [0.4, 0.5) is 0 Å². The van der Waals surface area contributed by atoms with Crippen molar-refractivity contribution in [3.63, 3.8) is 0 Å². The van der Waals surface area contributed by atoms with Gasteiger partial charge in [0.25, 0.3) is 5.89 Å². The van der Waals surface area contributed by atoms with E-state index in [1.807, 2.05) is 0 Å². The van der Waals surface area contributed by atoms with E-state index in [2.05, 4.69) is 24.0 Å². The summed E-state index contributed by atoms with van der Waals surface area (Å²) in [5.41, 5.74) is 0.394. The van der Waals surface area contributed by atoms with Crippen molar-refractivity contribution in [3.8, 4) is 23.0 Å². The predicted octanol–water partition coefficient (Wildman–Crippen LogP) is 2.03. The summed E-state index contributed by atoms with van der Waals surface area (Å²) in [7, 11) is -1.10. The molecule has 0 bridgehead atoms. The van der Waals surface area contributed by atoms with Crippen LogP contribution >= 0.6 is 0 Å². The normalized spacial score (nSPS) is 19.8. The standard InChI is InChI=1S/C19H25N3O6S/c1-12-7-13(2)10-22(9-12)17(23)11-29(24,25)19-21-20-18(28-19)15-8-14(26-3)5-6-16(15)27-4/h5-6,8,12-13H,7,9-11H2,1-4H3. The summed E-state index contributed by atoms with van der Waals surface area (Å²) in [5.74, 6) is 0.414. The monoisotopic (exact) mass is 423 g/mol. The molecule has 1 aliphatic heterocycles. The Labute approximate surface area is 169 Å². The number of likely N-dealkylation sites (tertiary alicyclic amines) is 1. The van der Waals surface area contributed by atoms with Gasteiger partial charge in [0, 0.05) is 13.1 Å². The first kappa shape index (κ1) is 21.1. The van der Waals surface area contributed by atoms with Crippen molar-refractivity contribution in [2.24, 2.45) is 11.8 Å². The minimum Gasteiger partial charge on any atom is -0.497 e. The fourth-order valence-electron chi connectivity index (χ4n) is 3.61. The van der Waals surface area contributed by atoms with Crippen LogP contribution < -0.4 is 9.47 Å². The fourth-order valence-corrected chi connectivity index (χ4v) is 4.61. The van der Waals surface area contributed by atoms with Gasteiger partial charge in [0.05, 0.1) is 19.8 Å². The van der Waals surface area contributed by atoms with E-state index < -0.39 is 26.7 Å². The number of benzene rings is 1. The molecule has 0 spiro atoms. The average Bonchev–Trinajstić information content (AvgIpc) is 3.17. The summed E-state index contributed by atoms with van der Waals surface area (Å²) in [5, 5.41) is 6.88. The highest BCUT2D eigenvalue weighted by atomic mass is 32.2. The van der Waals surface area contributed by atoms with Crippen molar-refractivity contribution in [3.05, 3.63) is 18.2 Å². The maximum Gasteiger partial charge on any atom is 0.336 e. The molecule has 0 N–H and O–H groups in total. The van der Waals surface area contributed by atoms with Gasteiger partial charge in [0.15, 0.2) is 0 Å². The molecule has 2 unspecified atom stereocenters. The van der Waals surface area contributed by atoms with E-state index in [-0.39, 0.29) is 5.89 Å². The number of rotatable bonds is 6. The Morgan fingerprint density at radius 1 is 1.17 bits per heavy atom. The molecule has 0 saturated carbocycles. The molecule has 1 amide bonds. The van der Waals surface area contributed by atoms with E-state index in [9.17, 15) is 13.2 Å². The van der Waals surface area contributed by atoms with Gasteiger partial charge < -0.3 is 18.8 Å². The summed E-state index contributed by atoms with van der Waals surface area (Å²) in [6.07, 6.45) is 1.02. The Hall–Kier alpha value is -2.62. The Morgan fingerprint density at radius 2 is 1.86 bits per heavy atom. The van der Waals surface area contributed by atoms with Gasteiger partial charge in [-0.2, -0.15) is 0 Å². The van der Waals surface area contributed by atoms with Crippen molar-refractivity contribution in [1.29, 1.82) is 0 Å². The van der Waals surface area contributed by atoms with Gasteiger partial charge in [-0.25, -0.2) is 8.42 Å². The van der Waals surface area contributed by atoms with E-state index in [4.69, 9.17) is 13.9 Å². The summed E-state index contributed by atoms with van der Waals surface area (Å²) in [4.78, 5) is 14.2. The Morgan fingerprint density at radius 3 is 2.48 bits per heavy atom. The van der Waals surface area contributed by atoms with E-state index in [1.54, 1.807) is 23.1 Å². The Bertz CT molecular complexity index is 978. The summed E-state index contributed by atoms with van der Waals surface area (Å²) in [6, 6.07) is 4.94. The molecule has 1 aromatic heterocycles. The highest BCUT2D eigenvalue weighted by molar-refractivity contribution is 7.91. The van der Waals surface area contributed by atoms with Crippen LogP contribution in [-0.2, 0) is 14.6 Å². The van der Waals surface area contributed by atoms with Gasteiger partial charge in [-0.1, -0.05) is 18.9 Å². The van der Waals surface area contributed by atoms with Crippen LogP contribution in [-0.4, -0.2) is 62.5 Å². The minimum atomic E-state index is -4.07. The van der Waals surface area contributed by atoms with Crippen molar-refractivity contribution in [2.75, 3.05) is 33.1 Å². The van der Waals surface area contributed by atoms with E-state index in [0.29, 0.717) is 42.0 Å². The smallest absolute Gasteiger partial charge is 0.336 e. The van der Waals surface area contributed by atoms with Crippen LogP contribution in [0, 0.1) is 11.8 Å². The quantitative estimate of drug-likeness (QED) is 0.694. The molecule has 158 valence electrons. The summed E-state index contributed by atoms with van der Waals surface area (Å²) in [6.45, 7) is 5.20. The first-order valence-electron chi connectivity index (χ1n) is 9.30. The topological polar surface area (TPSA) is 112 Å². The number of aromatic nitrogens is 2. The van der Waals surface area contributed by atoms with Gasteiger partial charge in [0.1, 0.15) is 17.3 Å². The third-order valence-corrected chi connectivity index (χ3v) is 6.17. The zero-order valence-electron chi connectivity index (χ0n) is 16.9. The highest BCUT2D eigenvalue weighted by Gasteiger charge is 2.32. The molecule has 1 saturated heterocycles. The van der Waals surface area contributed by atoms with Gasteiger partial charge in [0.2, 0.25) is 15.7 Å². The van der Waals surface area contributed by atoms with Crippen LogP contribution in [0.3, 0.4) is 0 Å². The number of carbonyl (C=O) groups excluding carboxylic acids is 1. The first-order valence-corrected chi connectivity index (χ1v) is 10.9. The van der Waals surface area contributed by atoms with Crippen molar-refractivity contribution >= 4 is 15.7 Å². The number of carbonyl (C=O) groups is 1. The number of amides is 1. The van der Waals surface area contributed by atoms with Crippen LogP contribution in [0.25, 0.3) is 11.5 Å². The zero-order chi connectivity index (χ0) is 21.2. The molecule has 2 atom stereocenters. The molecule has 2 heterocycles. The molecular weight excluding hydrogens is 398 g/mol. The lowest BCUT2D eigenvalue weighted by molar-refractivity contribution is -0.131. The zero-order valence-corrected chi connectivity index (χ0v) is 17.7. The number of sulfone groups is 1. The maximum atomic E-state index is 12.7. The van der Waals surface area contributed by atoms with Gasteiger partial charge >= 0.3 is 5.22 Å². The summed E-state index contributed by atoms with van der Waals surface area (Å²) < 4.78 is 41.2. The second-order valence-corrected chi connectivity index (χ2v) is 9.31. The van der Waals surface area contributed by atoms with E-state index >= 15 is 0 Å².